The summed E-state index contributed by atoms with van der Waals surface area (Å²) in [6.45, 7) is 10.6. The van der Waals surface area contributed by atoms with Crippen molar-refractivity contribution in [3.8, 4) is 0 Å². The molecule has 0 aliphatic carbocycles. The van der Waals surface area contributed by atoms with Gasteiger partial charge in [-0.1, -0.05) is 58.0 Å². The first kappa shape index (κ1) is 22.8. The molecule has 1 aliphatic heterocycles. The van der Waals surface area contributed by atoms with Gasteiger partial charge >= 0.3 is 6.03 Å². The molecule has 3 amide bonds. The summed E-state index contributed by atoms with van der Waals surface area (Å²) in [4.78, 5) is 24.9. The van der Waals surface area contributed by atoms with Gasteiger partial charge < -0.3 is 10.6 Å². The van der Waals surface area contributed by atoms with Crippen molar-refractivity contribution in [2.75, 3.05) is 11.9 Å². The Morgan fingerprint density at radius 1 is 1.19 bits per heavy atom. The summed E-state index contributed by atoms with van der Waals surface area (Å²) in [5.41, 5.74) is 1.88. The number of amides is 3. The van der Waals surface area contributed by atoms with Gasteiger partial charge in [0, 0.05) is 24.1 Å². The summed E-state index contributed by atoms with van der Waals surface area (Å²) in [6, 6.07) is 11.8. The van der Waals surface area contributed by atoms with E-state index >= 15 is 0 Å². The molecular weight excluding hydrogens is 392 g/mol. The van der Waals surface area contributed by atoms with Crippen molar-refractivity contribution in [1.29, 1.82) is 0 Å². The molecule has 3 rings (SSSR count). The average Bonchev–Trinajstić information content (AvgIpc) is 3.14. The molecule has 1 aliphatic rings. The minimum atomic E-state index is -0.525. The van der Waals surface area contributed by atoms with Gasteiger partial charge in [0.1, 0.15) is 5.82 Å². The van der Waals surface area contributed by atoms with Crippen LogP contribution in [-0.2, 0) is 16.6 Å². The zero-order valence-electron chi connectivity index (χ0n) is 19.0. The lowest BCUT2D eigenvalue weighted by Gasteiger charge is -2.34. The van der Waals surface area contributed by atoms with Gasteiger partial charge in [-0.3, -0.25) is 15.4 Å². The summed E-state index contributed by atoms with van der Waals surface area (Å²) < 4.78 is 1.64. The van der Waals surface area contributed by atoms with Crippen LogP contribution in [0.4, 0.5) is 10.6 Å². The number of urea groups is 1. The minimum Gasteiger partial charge on any atom is -0.338 e. The number of anilines is 1. The van der Waals surface area contributed by atoms with Crippen molar-refractivity contribution in [2.45, 2.75) is 65.2 Å². The summed E-state index contributed by atoms with van der Waals surface area (Å²) >= 11 is 0. The van der Waals surface area contributed by atoms with Gasteiger partial charge in [0.25, 0.3) is 0 Å². The SMILES string of the molecule is CC1NC(n2nc(C(C)(C)C)cc2NC(=O)NCCCc2ccccc2)NC(=O)C1C. The van der Waals surface area contributed by atoms with Crippen LogP contribution in [-0.4, -0.2) is 34.3 Å². The number of rotatable bonds is 6. The van der Waals surface area contributed by atoms with Crippen LogP contribution in [0.2, 0.25) is 0 Å². The van der Waals surface area contributed by atoms with Crippen LogP contribution in [0.1, 0.15) is 58.6 Å². The Labute approximate surface area is 184 Å². The summed E-state index contributed by atoms with van der Waals surface area (Å²) in [6.07, 6.45) is 1.23. The Morgan fingerprint density at radius 3 is 2.55 bits per heavy atom. The summed E-state index contributed by atoms with van der Waals surface area (Å²) in [7, 11) is 0. The van der Waals surface area contributed by atoms with Gasteiger partial charge in [-0.25, -0.2) is 9.48 Å². The molecule has 4 N–H and O–H groups in total. The Hall–Kier alpha value is -2.87. The van der Waals surface area contributed by atoms with E-state index in [9.17, 15) is 9.59 Å². The van der Waals surface area contributed by atoms with Crippen LogP contribution >= 0.6 is 0 Å². The van der Waals surface area contributed by atoms with E-state index in [0.29, 0.717) is 12.4 Å². The van der Waals surface area contributed by atoms with Crippen molar-refractivity contribution in [3.63, 3.8) is 0 Å². The fourth-order valence-electron chi connectivity index (χ4n) is 3.41. The highest BCUT2D eigenvalue weighted by Crippen LogP contribution is 2.26. The molecule has 31 heavy (non-hydrogen) atoms. The highest BCUT2D eigenvalue weighted by molar-refractivity contribution is 5.88. The number of nitrogens with zero attached hydrogens (tertiary/aromatic N) is 2. The fourth-order valence-corrected chi connectivity index (χ4v) is 3.41. The van der Waals surface area contributed by atoms with E-state index in [1.807, 2.05) is 38.1 Å². The quantitative estimate of drug-likeness (QED) is 0.533. The van der Waals surface area contributed by atoms with Crippen LogP contribution in [0.3, 0.4) is 0 Å². The number of benzene rings is 1. The lowest BCUT2D eigenvalue weighted by molar-refractivity contribution is -0.130. The predicted molar refractivity (Wildman–Crippen MR) is 122 cm³/mol. The summed E-state index contributed by atoms with van der Waals surface area (Å²) in [5.74, 6) is 0.351. The van der Waals surface area contributed by atoms with Gasteiger partial charge in [0.05, 0.1) is 11.6 Å². The molecule has 1 aromatic heterocycles. The van der Waals surface area contributed by atoms with Crippen molar-refractivity contribution in [2.24, 2.45) is 5.92 Å². The van der Waals surface area contributed by atoms with E-state index < -0.39 is 6.29 Å². The maximum Gasteiger partial charge on any atom is 0.320 e. The second-order valence-corrected chi connectivity index (χ2v) is 9.23. The molecule has 1 saturated heterocycles. The first-order chi connectivity index (χ1) is 14.6. The van der Waals surface area contributed by atoms with Crippen LogP contribution in [0.15, 0.2) is 36.4 Å². The number of hydrogen-bond donors (Lipinski definition) is 4. The summed E-state index contributed by atoms with van der Waals surface area (Å²) in [5, 5.41) is 16.8. The molecule has 1 fully saturated rings. The third kappa shape index (κ3) is 5.85. The highest BCUT2D eigenvalue weighted by Gasteiger charge is 2.33. The first-order valence-electron chi connectivity index (χ1n) is 10.9. The molecule has 8 nitrogen and oxygen atoms in total. The third-order valence-electron chi connectivity index (χ3n) is 5.62. The zero-order valence-corrected chi connectivity index (χ0v) is 19.0. The Balaban J connectivity index is 1.65. The van der Waals surface area contributed by atoms with Gasteiger partial charge in [0.15, 0.2) is 6.29 Å². The lowest BCUT2D eigenvalue weighted by Crippen LogP contribution is -2.57. The molecule has 0 saturated carbocycles. The maximum absolute atomic E-state index is 12.5. The van der Waals surface area contributed by atoms with Crippen LogP contribution in [0.5, 0.6) is 0 Å². The van der Waals surface area contributed by atoms with E-state index in [1.165, 1.54) is 5.56 Å². The third-order valence-corrected chi connectivity index (χ3v) is 5.62. The van der Waals surface area contributed by atoms with E-state index in [-0.39, 0.29) is 29.3 Å². The van der Waals surface area contributed by atoms with E-state index in [2.05, 4.69) is 59.3 Å². The molecule has 0 bridgehead atoms. The minimum absolute atomic E-state index is 0.0132. The van der Waals surface area contributed by atoms with Crippen molar-refractivity contribution in [1.82, 2.24) is 25.7 Å². The van der Waals surface area contributed by atoms with Crippen LogP contribution in [0.25, 0.3) is 0 Å². The highest BCUT2D eigenvalue weighted by atomic mass is 16.2. The average molecular weight is 427 g/mol. The number of nitrogens with one attached hydrogen (secondary N) is 4. The number of carbonyl (C=O) groups excluding carboxylic acids is 2. The van der Waals surface area contributed by atoms with Crippen molar-refractivity contribution in [3.05, 3.63) is 47.7 Å². The number of hydrogen-bond acceptors (Lipinski definition) is 4. The Kier molecular flexibility index (Phi) is 7.00. The van der Waals surface area contributed by atoms with E-state index in [0.717, 1.165) is 18.5 Å². The molecule has 8 heteroatoms. The Morgan fingerprint density at radius 2 is 1.90 bits per heavy atom. The number of aryl methyl sites for hydroxylation is 1. The molecule has 1 aromatic carbocycles. The second-order valence-electron chi connectivity index (χ2n) is 9.23. The standard InChI is InChI=1S/C23H34N6O2/c1-15-16(2)25-21(27-20(15)30)29-19(14-18(28-29)23(3,4)5)26-22(31)24-13-9-12-17-10-7-6-8-11-17/h6-8,10-11,14-16,21,25H,9,12-13H2,1-5H3,(H,27,30)(H2,24,26,31). The predicted octanol–water partition coefficient (Wildman–Crippen LogP) is 3.14. The smallest absolute Gasteiger partial charge is 0.320 e. The molecule has 0 spiro atoms. The largest absolute Gasteiger partial charge is 0.338 e. The second kappa shape index (κ2) is 9.51. The molecule has 2 heterocycles. The maximum atomic E-state index is 12.5. The fraction of sp³-hybridized carbons (Fsp3) is 0.522. The number of carbonyl (C=O) groups is 2. The normalized spacial score (nSPS) is 21.5. The molecule has 168 valence electrons. The lowest BCUT2D eigenvalue weighted by atomic mass is 9.92. The van der Waals surface area contributed by atoms with Crippen molar-refractivity contribution < 1.29 is 9.59 Å². The van der Waals surface area contributed by atoms with Crippen LogP contribution in [0, 0.1) is 5.92 Å². The van der Waals surface area contributed by atoms with E-state index in [1.54, 1.807) is 4.68 Å². The van der Waals surface area contributed by atoms with Gasteiger partial charge in [-0.05, 0) is 25.3 Å². The topological polar surface area (TPSA) is 100 Å². The molecule has 3 unspecified atom stereocenters. The Bertz CT molecular complexity index is 903. The molecule has 2 aromatic rings. The van der Waals surface area contributed by atoms with Gasteiger partial charge in [-0.15, -0.1) is 0 Å². The van der Waals surface area contributed by atoms with Gasteiger partial charge in [0.2, 0.25) is 5.91 Å². The molecular formula is C23H34N6O2. The first-order valence-corrected chi connectivity index (χ1v) is 10.9. The van der Waals surface area contributed by atoms with E-state index in [4.69, 9.17) is 0 Å². The van der Waals surface area contributed by atoms with Crippen molar-refractivity contribution >= 4 is 17.8 Å². The van der Waals surface area contributed by atoms with Crippen LogP contribution < -0.4 is 21.3 Å². The zero-order chi connectivity index (χ0) is 22.6. The molecule has 0 radical (unpaired) electrons. The number of aromatic nitrogens is 2. The van der Waals surface area contributed by atoms with Gasteiger partial charge in [-0.2, -0.15) is 5.10 Å². The monoisotopic (exact) mass is 426 g/mol. The molecule has 3 atom stereocenters.